The monoisotopic (exact) mass is 252 g/mol. The van der Waals surface area contributed by atoms with E-state index in [0.29, 0.717) is 5.39 Å². The van der Waals surface area contributed by atoms with Crippen LogP contribution in [0.5, 0.6) is 0 Å². The summed E-state index contributed by atoms with van der Waals surface area (Å²) in [6, 6.07) is 3.42. The number of pyridine rings is 1. The third kappa shape index (κ3) is 2.14. The number of hydroxylamine groups is 2. The van der Waals surface area contributed by atoms with Crippen LogP contribution in [0.1, 0.15) is 10.4 Å². The first-order valence-corrected chi connectivity index (χ1v) is 5.10. The number of nitrogens with zero attached hydrogens (tertiary/aromatic N) is 2. The Kier molecular flexibility index (Phi) is 3.20. The van der Waals surface area contributed by atoms with Crippen molar-refractivity contribution in [1.29, 1.82) is 0 Å². The topological polar surface area (TPSA) is 42.4 Å². The lowest BCUT2D eigenvalue weighted by Crippen LogP contribution is -2.25. The highest BCUT2D eigenvalue weighted by molar-refractivity contribution is 5.96. The zero-order valence-corrected chi connectivity index (χ0v) is 9.78. The molecule has 2 rings (SSSR count). The van der Waals surface area contributed by atoms with E-state index in [4.69, 9.17) is 4.84 Å². The van der Waals surface area contributed by atoms with Gasteiger partial charge >= 0.3 is 0 Å². The standard InChI is InChI=1S/C12H10F2N2O2/c1-16(18-2)12(17)8-3-7-4-9(13)10(14)5-11(7)15-6-8/h3-6H,1-2H3. The molecule has 0 spiro atoms. The van der Waals surface area contributed by atoms with Crippen LogP contribution in [0.25, 0.3) is 10.9 Å². The second-order valence-electron chi connectivity index (χ2n) is 3.67. The Morgan fingerprint density at radius 3 is 2.61 bits per heavy atom. The fourth-order valence-electron chi connectivity index (χ4n) is 1.50. The first kappa shape index (κ1) is 12.4. The zero-order chi connectivity index (χ0) is 13.3. The van der Waals surface area contributed by atoms with Gasteiger partial charge in [0.05, 0.1) is 18.2 Å². The Morgan fingerprint density at radius 1 is 1.28 bits per heavy atom. The highest BCUT2D eigenvalue weighted by atomic mass is 19.2. The lowest BCUT2D eigenvalue weighted by Gasteiger charge is -2.13. The average molecular weight is 252 g/mol. The van der Waals surface area contributed by atoms with E-state index < -0.39 is 17.5 Å². The minimum Gasteiger partial charge on any atom is -0.274 e. The van der Waals surface area contributed by atoms with Crippen LogP contribution in [0.2, 0.25) is 0 Å². The molecule has 6 heteroatoms. The van der Waals surface area contributed by atoms with Crippen molar-refractivity contribution in [2.75, 3.05) is 14.2 Å². The van der Waals surface area contributed by atoms with Crippen molar-refractivity contribution < 1.29 is 18.4 Å². The van der Waals surface area contributed by atoms with Crippen LogP contribution in [-0.4, -0.2) is 30.1 Å². The summed E-state index contributed by atoms with van der Waals surface area (Å²) in [6.07, 6.45) is 1.29. The number of hydrogen-bond acceptors (Lipinski definition) is 3. The van der Waals surface area contributed by atoms with Gasteiger partial charge in [0.2, 0.25) is 0 Å². The van der Waals surface area contributed by atoms with Crippen molar-refractivity contribution in [2.45, 2.75) is 0 Å². The molecule has 0 N–H and O–H groups in total. The molecule has 0 bridgehead atoms. The molecule has 1 aromatic carbocycles. The molecule has 0 unspecified atom stereocenters. The van der Waals surface area contributed by atoms with Crippen molar-refractivity contribution in [3.8, 4) is 0 Å². The van der Waals surface area contributed by atoms with Crippen LogP contribution in [0.4, 0.5) is 8.78 Å². The molecule has 18 heavy (non-hydrogen) atoms. The summed E-state index contributed by atoms with van der Waals surface area (Å²) < 4.78 is 26.1. The third-order valence-electron chi connectivity index (χ3n) is 2.53. The fourth-order valence-corrected chi connectivity index (χ4v) is 1.50. The minimum atomic E-state index is -0.978. The predicted octanol–water partition coefficient (Wildman–Crippen LogP) is 2.15. The molecule has 2 aromatic rings. The van der Waals surface area contributed by atoms with Crippen LogP contribution < -0.4 is 0 Å². The first-order valence-electron chi connectivity index (χ1n) is 5.10. The molecule has 0 aliphatic carbocycles. The summed E-state index contributed by atoms with van der Waals surface area (Å²) in [4.78, 5) is 20.4. The van der Waals surface area contributed by atoms with E-state index in [-0.39, 0.29) is 11.1 Å². The van der Waals surface area contributed by atoms with Gasteiger partial charge in [0.1, 0.15) is 0 Å². The summed E-state index contributed by atoms with van der Waals surface area (Å²) in [5, 5.41) is 1.37. The number of carbonyl (C=O) groups is 1. The molecular formula is C12H10F2N2O2. The number of carbonyl (C=O) groups excluding carboxylic acids is 1. The van der Waals surface area contributed by atoms with Gasteiger partial charge in [-0.2, -0.15) is 0 Å². The van der Waals surface area contributed by atoms with Crippen molar-refractivity contribution in [2.24, 2.45) is 0 Å². The number of amides is 1. The Balaban J connectivity index is 2.50. The molecule has 94 valence electrons. The molecule has 0 fully saturated rings. The van der Waals surface area contributed by atoms with Crippen LogP contribution in [0.15, 0.2) is 24.4 Å². The van der Waals surface area contributed by atoms with E-state index in [0.717, 1.165) is 17.2 Å². The third-order valence-corrected chi connectivity index (χ3v) is 2.53. The van der Waals surface area contributed by atoms with E-state index in [2.05, 4.69) is 4.98 Å². The maximum Gasteiger partial charge on any atom is 0.278 e. The molecule has 1 aromatic heterocycles. The molecule has 1 heterocycles. The van der Waals surface area contributed by atoms with E-state index >= 15 is 0 Å². The van der Waals surface area contributed by atoms with Gasteiger partial charge in [-0.05, 0) is 12.1 Å². The molecule has 0 saturated carbocycles. The molecule has 0 aliphatic rings. The van der Waals surface area contributed by atoms with Gasteiger partial charge in [-0.1, -0.05) is 0 Å². The lowest BCUT2D eigenvalue weighted by molar-refractivity contribution is -0.0757. The van der Waals surface area contributed by atoms with E-state index in [1.807, 2.05) is 0 Å². The molecule has 0 atom stereocenters. The molecular weight excluding hydrogens is 242 g/mol. The van der Waals surface area contributed by atoms with Crippen molar-refractivity contribution in [1.82, 2.24) is 10.0 Å². The fraction of sp³-hybridized carbons (Fsp3) is 0.167. The van der Waals surface area contributed by atoms with Gasteiger partial charge in [0.15, 0.2) is 11.6 Å². The van der Waals surface area contributed by atoms with Crippen molar-refractivity contribution in [3.63, 3.8) is 0 Å². The number of fused-ring (bicyclic) bond motifs is 1. The van der Waals surface area contributed by atoms with E-state index in [1.54, 1.807) is 0 Å². The number of aromatic nitrogens is 1. The Morgan fingerprint density at radius 2 is 1.94 bits per heavy atom. The van der Waals surface area contributed by atoms with E-state index in [9.17, 15) is 13.6 Å². The summed E-state index contributed by atoms with van der Waals surface area (Å²) in [6.45, 7) is 0. The highest BCUT2D eigenvalue weighted by Gasteiger charge is 2.13. The second kappa shape index (κ2) is 4.66. The van der Waals surface area contributed by atoms with E-state index in [1.165, 1.54) is 26.4 Å². The van der Waals surface area contributed by atoms with Gasteiger partial charge in [-0.3, -0.25) is 14.6 Å². The number of halogens is 2. The van der Waals surface area contributed by atoms with Crippen LogP contribution in [-0.2, 0) is 4.84 Å². The Labute approximate surface area is 102 Å². The Hall–Kier alpha value is -2.08. The smallest absolute Gasteiger partial charge is 0.274 e. The quantitative estimate of drug-likeness (QED) is 0.769. The van der Waals surface area contributed by atoms with Crippen LogP contribution in [0.3, 0.4) is 0 Å². The second-order valence-corrected chi connectivity index (χ2v) is 3.67. The summed E-state index contributed by atoms with van der Waals surface area (Å²) in [5.41, 5.74) is 0.517. The molecule has 1 amide bonds. The summed E-state index contributed by atoms with van der Waals surface area (Å²) in [5.74, 6) is -2.37. The lowest BCUT2D eigenvalue weighted by atomic mass is 10.1. The van der Waals surface area contributed by atoms with Gasteiger partial charge in [0, 0.05) is 24.7 Å². The summed E-state index contributed by atoms with van der Waals surface area (Å²) in [7, 11) is 2.79. The van der Waals surface area contributed by atoms with Crippen LogP contribution >= 0.6 is 0 Å². The molecule has 0 saturated heterocycles. The summed E-state index contributed by atoms with van der Waals surface area (Å²) >= 11 is 0. The van der Waals surface area contributed by atoms with Gasteiger partial charge < -0.3 is 0 Å². The van der Waals surface area contributed by atoms with Crippen molar-refractivity contribution >= 4 is 16.8 Å². The predicted molar refractivity (Wildman–Crippen MR) is 60.8 cm³/mol. The number of hydrogen-bond donors (Lipinski definition) is 0. The zero-order valence-electron chi connectivity index (χ0n) is 9.78. The maximum absolute atomic E-state index is 13.1. The Bertz CT molecular complexity index is 616. The normalized spacial score (nSPS) is 10.7. The average Bonchev–Trinajstić information content (AvgIpc) is 2.37. The SMILES string of the molecule is CON(C)C(=O)c1cnc2cc(F)c(F)cc2c1. The molecule has 0 aliphatic heterocycles. The van der Waals surface area contributed by atoms with Gasteiger partial charge in [-0.15, -0.1) is 0 Å². The van der Waals surface area contributed by atoms with Gasteiger partial charge in [0.25, 0.3) is 5.91 Å². The highest BCUT2D eigenvalue weighted by Crippen LogP contribution is 2.18. The molecule has 4 nitrogen and oxygen atoms in total. The largest absolute Gasteiger partial charge is 0.278 e. The first-order chi connectivity index (χ1) is 8.52. The minimum absolute atomic E-state index is 0.234. The van der Waals surface area contributed by atoms with Crippen molar-refractivity contribution in [3.05, 3.63) is 41.6 Å². The number of benzene rings is 1. The van der Waals surface area contributed by atoms with Crippen LogP contribution in [0, 0.1) is 11.6 Å². The van der Waals surface area contributed by atoms with Gasteiger partial charge in [-0.25, -0.2) is 13.8 Å². The molecule has 0 radical (unpaired) electrons. The number of rotatable bonds is 2. The maximum atomic E-state index is 13.1.